The third-order valence-electron chi connectivity index (χ3n) is 3.79. The van der Waals surface area contributed by atoms with E-state index in [0.717, 1.165) is 10.8 Å². The van der Waals surface area contributed by atoms with Gasteiger partial charge in [-0.3, -0.25) is 9.78 Å². The maximum absolute atomic E-state index is 12.8. The van der Waals surface area contributed by atoms with Gasteiger partial charge in [-0.05, 0) is 17.5 Å². The van der Waals surface area contributed by atoms with Crippen LogP contribution in [0.3, 0.4) is 0 Å². The number of pyridine rings is 1. The van der Waals surface area contributed by atoms with Gasteiger partial charge < -0.3 is 5.11 Å². The van der Waals surface area contributed by atoms with Crippen LogP contribution in [0.15, 0.2) is 60.8 Å². The minimum atomic E-state index is -0.185. The van der Waals surface area contributed by atoms with E-state index in [1.165, 1.54) is 0 Å². The van der Waals surface area contributed by atoms with E-state index >= 15 is 0 Å². The van der Waals surface area contributed by atoms with Gasteiger partial charge in [0.1, 0.15) is 5.76 Å². The number of aliphatic hydroxyl groups is 1. The molecule has 0 spiro atoms. The minimum absolute atomic E-state index is 0.00278. The molecule has 100 valence electrons. The summed E-state index contributed by atoms with van der Waals surface area (Å²) in [7, 11) is 0. The molecule has 0 aliphatic heterocycles. The van der Waals surface area contributed by atoms with Crippen molar-refractivity contribution in [3.05, 3.63) is 77.6 Å². The zero-order chi connectivity index (χ0) is 14.4. The van der Waals surface area contributed by atoms with Gasteiger partial charge in [-0.2, -0.15) is 0 Å². The molecule has 0 bridgehead atoms. The van der Waals surface area contributed by atoms with Crippen LogP contribution in [0, 0.1) is 0 Å². The minimum Gasteiger partial charge on any atom is -0.506 e. The molecular formula is C18H11NO2. The molecule has 3 nitrogen and oxygen atoms in total. The number of carbonyl (C=O) groups is 1. The van der Waals surface area contributed by atoms with Crippen molar-refractivity contribution in [3.8, 4) is 0 Å². The Morgan fingerprint density at radius 2 is 1.62 bits per heavy atom. The van der Waals surface area contributed by atoms with Crippen molar-refractivity contribution in [1.82, 2.24) is 4.98 Å². The number of hydrogen-bond donors (Lipinski definition) is 1. The van der Waals surface area contributed by atoms with Gasteiger partial charge in [0, 0.05) is 22.7 Å². The quantitative estimate of drug-likeness (QED) is 0.732. The van der Waals surface area contributed by atoms with Crippen LogP contribution in [-0.4, -0.2) is 15.9 Å². The second-order valence-corrected chi connectivity index (χ2v) is 4.98. The maximum atomic E-state index is 12.8. The average molecular weight is 273 g/mol. The molecule has 0 saturated heterocycles. The zero-order valence-electron chi connectivity index (χ0n) is 11.1. The molecule has 3 heteroatoms. The molecule has 1 N–H and O–H groups in total. The van der Waals surface area contributed by atoms with Crippen molar-refractivity contribution >= 4 is 27.9 Å². The lowest BCUT2D eigenvalue weighted by molar-refractivity contribution is 0.105. The third kappa shape index (κ3) is 1.61. The Bertz CT molecular complexity index is 906. The largest absolute Gasteiger partial charge is 0.506 e. The number of Topliss-reactive ketones (excluding diaryl/α,β-unsaturated/α-hetero) is 1. The molecule has 0 atom stereocenters. The number of carbonyl (C=O) groups excluding carboxylic acids is 1. The van der Waals surface area contributed by atoms with Crippen LogP contribution in [0.4, 0.5) is 0 Å². The number of hydrogen-bond acceptors (Lipinski definition) is 3. The first-order valence-electron chi connectivity index (χ1n) is 6.69. The van der Waals surface area contributed by atoms with E-state index in [9.17, 15) is 9.90 Å². The first-order chi connectivity index (χ1) is 10.3. The maximum Gasteiger partial charge on any atom is 0.199 e. The Morgan fingerprint density at radius 1 is 0.857 bits per heavy atom. The van der Waals surface area contributed by atoms with Gasteiger partial charge in [0.15, 0.2) is 5.78 Å². The van der Waals surface area contributed by atoms with Crippen LogP contribution >= 0.6 is 0 Å². The number of allylic oxidation sites excluding steroid dienone is 1. The average Bonchev–Trinajstić information content (AvgIpc) is 2.54. The summed E-state index contributed by atoms with van der Waals surface area (Å²) in [6, 6.07) is 16.6. The number of rotatable bonds is 1. The van der Waals surface area contributed by atoms with Crippen molar-refractivity contribution in [2.75, 3.05) is 0 Å². The van der Waals surface area contributed by atoms with Crippen LogP contribution in [0.25, 0.3) is 22.1 Å². The fourth-order valence-electron chi connectivity index (χ4n) is 2.85. The molecule has 0 unspecified atom stereocenters. The summed E-state index contributed by atoms with van der Waals surface area (Å²) in [4.78, 5) is 17.0. The van der Waals surface area contributed by atoms with Gasteiger partial charge in [-0.1, -0.05) is 42.5 Å². The lowest BCUT2D eigenvalue weighted by Gasteiger charge is -2.19. The summed E-state index contributed by atoms with van der Waals surface area (Å²) >= 11 is 0. The summed E-state index contributed by atoms with van der Waals surface area (Å²) in [6.45, 7) is 0. The predicted molar refractivity (Wildman–Crippen MR) is 82.0 cm³/mol. The fourth-order valence-corrected chi connectivity index (χ4v) is 2.85. The standard InChI is InChI=1S/C18H11NO2/c20-17-12-7-3-5-11-6-4-8-13(15(11)12)18(21)16(17)14-9-1-2-10-19-14/h1-10,20H. The summed E-state index contributed by atoms with van der Waals surface area (Å²) in [5.41, 5.74) is 2.05. The number of nitrogens with zero attached hydrogens (tertiary/aromatic N) is 1. The van der Waals surface area contributed by atoms with E-state index in [-0.39, 0.29) is 17.1 Å². The number of aromatic nitrogens is 1. The first-order valence-corrected chi connectivity index (χ1v) is 6.69. The molecule has 3 aromatic rings. The fraction of sp³-hybridized carbons (Fsp3) is 0. The summed E-state index contributed by atoms with van der Waals surface area (Å²) in [6.07, 6.45) is 1.62. The van der Waals surface area contributed by atoms with Crippen molar-refractivity contribution < 1.29 is 9.90 Å². The second kappa shape index (κ2) is 4.28. The molecule has 1 aliphatic carbocycles. The Balaban J connectivity index is 2.11. The van der Waals surface area contributed by atoms with Gasteiger partial charge in [0.2, 0.25) is 0 Å². The highest BCUT2D eigenvalue weighted by atomic mass is 16.3. The van der Waals surface area contributed by atoms with Gasteiger partial charge in [-0.25, -0.2) is 0 Å². The second-order valence-electron chi connectivity index (χ2n) is 4.98. The summed E-state index contributed by atoms with van der Waals surface area (Å²) in [5, 5.41) is 12.3. The highest BCUT2D eigenvalue weighted by Crippen LogP contribution is 2.38. The molecule has 0 saturated carbocycles. The smallest absolute Gasteiger partial charge is 0.199 e. The lowest BCUT2D eigenvalue weighted by atomic mass is 9.85. The Labute approximate surface area is 121 Å². The van der Waals surface area contributed by atoms with E-state index in [1.54, 1.807) is 30.5 Å². The molecule has 4 rings (SSSR count). The molecule has 0 amide bonds. The van der Waals surface area contributed by atoms with E-state index < -0.39 is 0 Å². The molecular weight excluding hydrogens is 262 g/mol. The van der Waals surface area contributed by atoms with Crippen molar-refractivity contribution in [1.29, 1.82) is 0 Å². The Morgan fingerprint density at radius 3 is 2.33 bits per heavy atom. The van der Waals surface area contributed by atoms with Crippen LogP contribution < -0.4 is 0 Å². The summed E-state index contributed by atoms with van der Waals surface area (Å²) < 4.78 is 0. The SMILES string of the molecule is O=C1C(c2ccccn2)=C(O)c2cccc3cccc1c23. The van der Waals surface area contributed by atoms with Gasteiger partial charge in [-0.15, -0.1) is 0 Å². The van der Waals surface area contributed by atoms with Gasteiger partial charge in [0.25, 0.3) is 0 Å². The van der Waals surface area contributed by atoms with Crippen LogP contribution in [-0.2, 0) is 0 Å². The molecule has 0 radical (unpaired) electrons. The molecule has 1 aliphatic rings. The predicted octanol–water partition coefficient (Wildman–Crippen LogP) is 3.86. The van der Waals surface area contributed by atoms with Crippen LogP contribution in [0.2, 0.25) is 0 Å². The van der Waals surface area contributed by atoms with Crippen LogP contribution in [0.5, 0.6) is 0 Å². The highest BCUT2D eigenvalue weighted by molar-refractivity contribution is 6.39. The number of benzene rings is 2. The normalized spacial score (nSPS) is 13.8. The summed E-state index contributed by atoms with van der Waals surface area (Å²) in [5.74, 6) is -0.182. The number of ketones is 1. The van der Waals surface area contributed by atoms with E-state index in [0.29, 0.717) is 16.8 Å². The topological polar surface area (TPSA) is 50.2 Å². The lowest BCUT2D eigenvalue weighted by Crippen LogP contribution is -2.12. The van der Waals surface area contributed by atoms with Crippen LogP contribution in [0.1, 0.15) is 21.6 Å². The molecule has 1 heterocycles. The van der Waals surface area contributed by atoms with Crippen molar-refractivity contribution in [2.45, 2.75) is 0 Å². The highest BCUT2D eigenvalue weighted by Gasteiger charge is 2.29. The monoisotopic (exact) mass is 273 g/mol. The molecule has 0 fully saturated rings. The molecule has 21 heavy (non-hydrogen) atoms. The van der Waals surface area contributed by atoms with E-state index in [4.69, 9.17) is 0 Å². The van der Waals surface area contributed by atoms with Crippen molar-refractivity contribution in [2.24, 2.45) is 0 Å². The number of aliphatic hydroxyl groups excluding tert-OH is 1. The van der Waals surface area contributed by atoms with Gasteiger partial charge >= 0.3 is 0 Å². The molecule has 2 aromatic carbocycles. The van der Waals surface area contributed by atoms with Gasteiger partial charge in [0.05, 0.1) is 11.3 Å². The zero-order valence-corrected chi connectivity index (χ0v) is 11.1. The van der Waals surface area contributed by atoms with Crippen molar-refractivity contribution in [3.63, 3.8) is 0 Å². The van der Waals surface area contributed by atoms with E-state index in [1.807, 2.05) is 30.3 Å². The first kappa shape index (κ1) is 11.9. The van der Waals surface area contributed by atoms with E-state index in [2.05, 4.69) is 4.98 Å². The third-order valence-corrected chi connectivity index (χ3v) is 3.79. The molecule has 1 aromatic heterocycles. The Kier molecular flexibility index (Phi) is 2.42. The Hall–Kier alpha value is -2.94.